The molecule has 362 valence electrons. The third-order valence-corrected chi connectivity index (χ3v) is 11.9. The maximum atomic E-state index is 12.8. The summed E-state index contributed by atoms with van der Waals surface area (Å²) in [6, 6.07) is 0. The van der Waals surface area contributed by atoms with Crippen LogP contribution in [0.1, 0.15) is 284 Å². The molecule has 0 heterocycles. The van der Waals surface area contributed by atoms with E-state index in [0.29, 0.717) is 19.3 Å². The SMILES string of the molecule is CCCCC/C=C\C/C=C\CCCCCCCCCC(=O)OCC(COC(=O)CCCCCCC/C=C\CCCCC)OC(=O)CCCCCCCCCCCCCCCCC. The lowest BCUT2D eigenvalue weighted by Gasteiger charge is -2.18. The van der Waals surface area contributed by atoms with Crippen LogP contribution in [0.2, 0.25) is 0 Å². The molecule has 6 heteroatoms. The van der Waals surface area contributed by atoms with E-state index in [1.165, 1.54) is 167 Å². The molecule has 0 saturated heterocycles. The van der Waals surface area contributed by atoms with Crippen molar-refractivity contribution in [1.82, 2.24) is 0 Å². The minimum atomic E-state index is -0.774. The molecular formula is C56H102O6. The molecule has 0 aromatic rings. The molecule has 62 heavy (non-hydrogen) atoms. The molecule has 0 aliphatic heterocycles. The quantitative estimate of drug-likeness (QED) is 0.0262. The van der Waals surface area contributed by atoms with E-state index in [1.54, 1.807) is 0 Å². The maximum Gasteiger partial charge on any atom is 0.306 e. The molecule has 1 unspecified atom stereocenters. The van der Waals surface area contributed by atoms with Gasteiger partial charge in [0.25, 0.3) is 0 Å². The molecule has 0 aromatic carbocycles. The van der Waals surface area contributed by atoms with E-state index in [4.69, 9.17) is 14.2 Å². The summed E-state index contributed by atoms with van der Waals surface area (Å²) >= 11 is 0. The molecule has 0 saturated carbocycles. The Morgan fingerprint density at radius 2 is 0.581 bits per heavy atom. The second kappa shape index (κ2) is 51.3. The van der Waals surface area contributed by atoms with Crippen LogP contribution < -0.4 is 0 Å². The summed E-state index contributed by atoms with van der Waals surface area (Å²) in [6.07, 6.45) is 59.8. The topological polar surface area (TPSA) is 78.9 Å². The first-order chi connectivity index (χ1) is 30.5. The van der Waals surface area contributed by atoms with Crippen molar-refractivity contribution in [2.24, 2.45) is 0 Å². The third-order valence-electron chi connectivity index (χ3n) is 11.9. The van der Waals surface area contributed by atoms with Crippen molar-refractivity contribution in [3.05, 3.63) is 36.5 Å². The van der Waals surface area contributed by atoms with Gasteiger partial charge in [-0.05, 0) is 77.0 Å². The molecular weight excluding hydrogens is 769 g/mol. The number of ether oxygens (including phenoxy) is 3. The van der Waals surface area contributed by atoms with Gasteiger partial charge in [-0.3, -0.25) is 14.4 Å². The molecule has 6 nitrogen and oxygen atoms in total. The fraction of sp³-hybridized carbons (Fsp3) is 0.839. The number of allylic oxidation sites excluding steroid dienone is 6. The molecule has 0 N–H and O–H groups in total. The van der Waals surface area contributed by atoms with Crippen LogP contribution in [-0.4, -0.2) is 37.2 Å². The Hall–Kier alpha value is -2.37. The standard InChI is InChI=1S/C56H102O6/c1-4-7-10-13-16-19-22-25-27-28-30-31-34-37-40-43-46-49-55(58)61-52-53(51-60-54(57)48-45-42-39-36-33-24-21-18-15-12-9-6-3)62-56(59)50-47-44-41-38-35-32-29-26-23-20-17-14-11-8-5-2/h16,18-19,21,25,27,53H,4-15,17,20,22-24,26,28-52H2,1-3H3/b19-16-,21-18-,27-25-. The zero-order chi connectivity index (χ0) is 45.1. The van der Waals surface area contributed by atoms with Crippen LogP contribution in [-0.2, 0) is 28.6 Å². The molecule has 0 aliphatic rings. The van der Waals surface area contributed by atoms with Gasteiger partial charge in [0.2, 0.25) is 0 Å². The van der Waals surface area contributed by atoms with Gasteiger partial charge in [-0.25, -0.2) is 0 Å². The number of hydrogen-bond donors (Lipinski definition) is 0. The molecule has 0 bridgehead atoms. The van der Waals surface area contributed by atoms with E-state index in [2.05, 4.69) is 57.2 Å². The maximum absolute atomic E-state index is 12.8. The molecule has 0 spiro atoms. The zero-order valence-electron chi connectivity index (χ0n) is 41.4. The summed E-state index contributed by atoms with van der Waals surface area (Å²) in [4.78, 5) is 38.0. The number of unbranched alkanes of at least 4 members (excludes halogenated alkanes) is 32. The average Bonchev–Trinajstić information content (AvgIpc) is 3.27. The first-order valence-electron chi connectivity index (χ1n) is 27.0. The highest BCUT2D eigenvalue weighted by atomic mass is 16.6. The number of rotatable bonds is 49. The van der Waals surface area contributed by atoms with Crippen LogP contribution in [0.4, 0.5) is 0 Å². The first-order valence-corrected chi connectivity index (χ1v) is 27.0. The highest BCUT2D eigenvalue weighted by Gasteiger charge is 2.19. The van der Waals surface area contributed by atoms with Crippen LogP contribution in [0.15, 0.2) is 36.5 Å². The normalized spacial score (nSPS) is 12.2. The van der Waals surface area contributed by atoms with Gasteiger partial charge in [0.05, 0.1) is 0 Å². The van der Waals surface area contributed by atoms with E-state index in [1.807, 2.05) is 0 Å². The summed E-state index contributed by atoms with van der Waals surface area (Å²) in [7, 11) is 0. The Morgan fingerprint density at radius 3 is 0.935 bits per heavy atom. The summed E-state index contributed by atoms with van der Waals surface area (Å²) in [5, 5.41) is 0. The van der Waals surface area contributed by atoms with Crippen molar-refractivity contribution < 1.29 is 28.6 Å². The predicted molar refractivity (Wildman–Crippen MR) is 266 cm³/mol. The number of carbonyl (C=O) groups excluding carboxylic acids is 3. The van der Waals surface area contributed by atoms with Crippen molar-refractivity contribution >= 4 is 17.9 Å². The largest absolute Gasteiger partial charge is 0.462 e. The van der Waals surface area contributed by atoms with Crippen molar-refractivity contribution in [2.45, 2.75) is 290 Å². The van der Waals surface area contributed by atoms with Crippen molar-refractivity contribution in [3.63, 3.8) is 0 Å². The third kappa shape index (κ3) is 48.7. The molecule has 0 aliphatic carbocycles. The molecule has 0 aromatic heterocycles. The second-order valence-corrected chi connectivity index (χ2v) is 18.1. The highest BCUT2D eigenvalue weighted by Crippen LogP contribution is 2.16. The Balaban J connectivity index is 4.35. The van der Waals surface area contributed by atoms with Gasteiger partial charge in [0.15, 0.2) is 6.10 Å². The van der Waals surface area contributed by atoms with Crippen LogP contribution in [0.3, 0.4) is 0 Å². The van der Waals surface area contributed by atoms with Crippen LogP contribution in [0, 0.1) is 0 Å². The smallest absolute Gasteiger partial charge is 0.306 e. The lowest BCUT2D eigenvalue weighted by molar-refractivity contribution is -0.167. The predicted octanol–water partition coefficient (Wildman–Crippen LogP) is 17.7. The van der Waals surface area contributed by atoms with Crippen molar-refractivity contribution in [2.75, 3.05) is 13.2 Å². The van der Waals surface area contributed by atoms with E-state index in [-0.39, 0.29) is 31.1 Å². The fourth-order valence-corrected chi connectivity index (χ4v) is 7.76. The van der Waals surface area contributed by atoms with Crippen LogP contribution >= 0.6 is 0 Å². The highest BCUT2D eigenvalue weighted by molar-refractivity contribution is 5.71. The van der Waals surface area contributed by atoms with Crippen LogP contribution in [0.25, 0.3) is 0 Å². The van der Waals surface area contributed by atoms with E-state index in [9.17, 15) is 14.4 Å². The Bertz CT molecular complexity index is 1050. The lowest BCUT2D eigenvalue weighted by atomic mass is 10.0. The van der Waals surface area contributed by atoms with Gasteiger partial charge >= 0.3 is 17.9 Å². The van der Waals surface area contributed by atoms with Crippen molar-refractivity contribution in [1.29, 1.82) is 0 Å². The second-order valence-electron chi connectivity index (χ2n) is 18.1. The van der Waals surface area contributed by atoms with E-state index in [0.717, 1.165) is 77.0 Å². The van der Waals surface area contributed by atoms with Gasteiger partial charge < -0.3 is 14.2 Å². The van der Waals surface area contributed by atoms with Gasteiger partial charge in [-0.15, -0.1) is 0 Å². The van der Waals surface area contributed by atoms with Crippen molar-refractivity contribution in [3.8, 4) is 0 Å². The minimum Gasteiger partial charge on any atom is -0.462 e. The molecule has 0 amide bonds. The Labute approximate surface area is 385 Å². The van der Waals surface area contributed by atoms with Gasteiger partial charge in [0.1, 0.15) is 13.2 Å². The number of esters is 3. The fourth-order valence-electron chi connectivity index (χ4n) is 7.76. The molecule has 0 radical (unpaired) electrons. The van der Waals surface area contributed by atoms with Gasteiger partial charge in [-0.2, -0.15) is 0 Å². The minimum absolute atomic E-state index is 0.0759. The number of carbonyl (C=O) groups is 3. The Morgan fingerprint density at radius 1 is 0.323 bits per heavy atom. The van der Waals surface area contributed by atoms with Crippen LogP contribution in [0.5, 0.6) is 0 Å². The molecule has 0 fully saturated rings. The summed E-state index contributed by atoms with van der Waals surface area (Å²) < 4.78 is 16.8. The monoisotopic (exact) mass is 871 g/mol. The van der Waals surface area contributed by atoms with Gasteiger partial charge in [-0.1, -0.05) is 224 Å². The summed E-state index contributed by atoms with van der Waals surface area (Å²) in [6.45, 7) is 6.60. The molecule has 1 atom stereocenters. The van der Waals surface area contributed by atoms with E-state index >= 15 is 0 Å². The van der Waals surface area contributed by atoms with E-state index < -0.39 is 6.10 Å². The zero-order valence-corrected chi connectivity index (χ0v) is 41.4. The molecule has 0 rings (SSSR count). The Kier molecular flexibility index (Phi) is 49.3. The number of hydrogen-bond acceptors (Lipinski definition) is 6. The lowest BCUT2D eigenvalue weighted by Crippen LogP contribution is -2.30. The summed E-state index contributed by atoms with van der Waals surface area (Å²) in [5.41, 5.74) is 0. The van der Waals surface area contributed by atoms with Gasteiger partial charge in [0, 0.05) is 19.3 Å². The first kappa shape index (κ1) is 59.6. The average molecular weight is 871 g/mol. The summed E-state index contributed by atoms with van der Waals surface area (Å²) in [5.74, 6) is -0.879.